The number of nitrogens with two attached hydrogens (primary N) is 1. The second-order valence-electron chi connectivity index (χ2n) is 6.33. The zero-order valence-corrected chi connectivity index (χ0v) is 16.3. The summed E-state index contributed by atoms with van der Waals surface area (Å²) in [4.78, 5) is 19.1. The minimum Gasteiger partial charge on any atom is -0.342 e. The topological polar surface area (TPSA) is 64.2 Å². The van der Waals surface area contributed by atoms with E-state index in [4.69, 9.17) is 5.73 Å². The average Bonchev–Trinajstić information content (AvgIpc) is 3.15. The number of halogens is 2. The van der Waals surface area contributed by atoms with E-state index < -0.39 is 0 Å². The first-order valence-electron chi connectivity index (χ1n) is 8.16. The highest BCUT2D eigenvalue weighted by Gasteiger charge is 2.28. The molecule has 0 bridgehead atoms. The van der Waals surface area contributed by atoms with E-state index in [1.807, 2.05) is 43.0 Å². The van der Waals surface area contributed by atoms with Gasteiger partial charge in [-0.05, 0) is 50.9 Å². The third kappa shape index (κ3) is 4.54. The van der Waals surface area contributed by atoms with E-state index in [0.29, 0.717) is 19.0 Å². The molecule has 1 saturated heterocycles. The molecule has 3 heterocycles. The van der Waals surface area contributed by atoms with Gasteiger partial charge in [0.15, 0.2) is 0 Å². The molecule has 0 spiro atoms. The molecule has 0 saturated carbocycles. The van der Waals surface area contributed by atoms with Crippen LogP contribution in [0.5, 0.6) is 0 Å². The van der Waals surface area contributed by atoms with E-state index >= 15 is 0 Å². The fourth-order valence-corrected chi connectivity index (χ4v) is 3.29. The van der Waals surface area contributed by atoms with Crippen molar-refractivity contribution in [1.29, 1.82) is 0 Å². The number of nitrogens with zero attached hydrogens (tertiary/aromatic N) is 3. The van der Waals surface area contributed by atoms with Gasteiger partial charge in [-0.2, -0.15) is 0 Å². The number of amides is 1. The highest BCUT2D eigenvalue weighted by atomic mass is 35.5. The summed E-state index contributed by atoms with van der Waals surface area (Å²) < 4.78 is 2.16. The minimum absolute atomic E-state index is 0. The van der Waals surface area contributed by atoms with Gasteiger partial charge < -0.3 is 15.2 Å². The Bertz CT molecular complexity index is 703. The number of carbonyl (C=O) groups excluding carboxylic acids is 1. The first-order chi connectivity index (χ1) is 11.1. The van der Waals surface area contributed by atoms with Crippen molar-refractivity contribution >= 4 is 30.7 Å². The van der Waals surface area contributed by atoms with Crippen LogP contribution in [0.3, 0.4) is 0 Å². The van der Waals surface area contributed by atoms with Gasteiger partial charge >= 0.3 is 0 Å². The standard InChI is InChI=1S/C18H24N4O.2ClH/c1-13-9-17(18(23)21-8-6-15(10-19)11-21)14(2)22(13)12-16-5-3-4-7-20-16;;/h3-5,7,9,15H,6,8,10-12,19H2,1-2H3;2*1H. The number of carbonyl (C=O) groups is 1. The summed E-state index contributed by atoms with van der Waals surface area (Å²) in [6.07, 6.45) is 2.81. The number of pyridine rings is 1. The number of likely N-dealkylation sites (tertiary alicyclic amines) is 1. The third-order valence-electron chi connectivity index (χ3n) is 4.76. The Morgan fingerprint density at radius 2 is 2.08 bits per heavy atom. The molecular formula is C18H26Cl2N4O. The number of aromatic nitrogens is 2. The van der Waals surface area contributed by atoms with Crippen LogP contribution in [0.2, 0.25) is 0 Å². The van der Waals surface area contributed by atoms with E-state index in [9.17, 15) is 4.79 Å². The second-order valence-corrected chi connectivity index (χ2v) is 6.33. The lowest BCUT2D eigenvalue weighted by molar-refractivity contribution is 0.0787. The molecular weight excluding hydrogens is 359 g/mol. The molecule has 138 valence electrons. The van der Waals surface area contributed by atoms with Crippen LogP contribution in [0.15, 0.2) is 30.5 Å². The SMILES string of the molecule is Cc1cc(C(=O)N2CCC(CN)C2)c(C)n1Cc1ccccn1.Cl.Cl. The summed E-state index contributed by atoms with van der Waals surface area (Å²) in [6, 6.07) is 7.90. The van der Waals surface area contributed by atoms with Crippen LogP contribution in [0.25, 0.3) is 0 Å². The van der Waals surface area contributed by atoms with E-state index in [1.165, 1.54) is 0 Å². The Morgan fingerprint density at radius 3 is 2.68 bits per heavy atom. The number of hydrogen-bond donors (Lipinski definition) is 1. The Morgan fingerprint density at radius 1 is 1.32 bits per heavy atom. The van der Waals surface area contributed by atoms with Gasteiger partial charge in [-0.1, -0.05) is 6.07 Å². The van der Waals surface area contributed by atoms with Crippen LogP contribution in [0.4, 0.5) is 0 Å². The summed E-state index contributed by atoms with van der Waals surface area (Å²) in [5.74, 6) is 0.567. The summed E-state index contributed by atoms with van der Waals surface area (Å²) >= 11 is 0. The molecule has 1 atom stereocenters. The van der Waals surface area contributed by atoms with E-state index in [1.54, 1.807) is 6.20 Å². The van der Waals surface area contributed by atoms with Gasteiger partial charge in [0.05, 0.1) is 17.8 Å². The van der Waals surface area contributed by atoms with Crippen molar-refractivity contribution in [3.8, 4) is 0 Å². The summed E-state index contributed by atoms with van der Waals surface area (Å²) in [5, 5.41) is 0. The zero-order chi connectivity index (χ0) is 16.4. The summed E-state index contributed by atoms with van der Waals surface area (Å²) in [6.45, 7) is 6.99. The molecule has 1 unspecified atom stereocenters. The zero-order valence-electron chi connectivity index (χ0n) is 14.6. The Kier molecular flexibility index (Phi) is 7.93. The summed E-state index contributed by atoms with van der Waals surface area (Å²) in [5.41, 5.74) is 9.63. The van der Waals surface area contributed by atoms with Crippen molar-refractivity contribution in [3.05, 3.63) is 53.1 Å². The highest BCUT2D eigenvalue weighted by Crippen LogP contribution is 2.22. The fourth-order valence-electron chi connectivity index (χ4n) is 3.29. The third-order valence-corrected chi connectivity index (χ3v) is 4.76. The van der Waals surface area contributed by atoms with E-state index in [2.05, 4.69) is 9.55 Å². The van der Waals surface area contributed by atoms with Crippen LogP contribution in [0, 0.1) is 19.8 Å². The normalized spacial score (nSPS) is 16.3. The molecule has 2 aromatic heterocycles. The van der Waals surface area contributed by atoms with Crippen LogP contribution in [-0.4, -0.2) is 40.0 Å². The lowest BCUT2D eigenvalue weighted by Crippen LogP contribution is -2.30. The minimum atomic E-state index is 0. The largest absolute Gasteiger partial charge is 0.342 e. The molecule has 1 aliphatic heterocycles. The molecule has 1 aliphatic rings. The van der Waals surface area contributed by atoms with Gasteiger partial charge in [-0.3, -0.25) is 9.78 Å². The molecule has 2 N–H and O–H groups in total. The average molecular weight is 385 g/mol. The van der Waals surface area contributed by atoms with Gasteiger partial charge in [-0.15, -0.1) is 24.8 Å². The molecule has 7 heteroatoms. The lowest BCUT2D eigenvalue weighted by Gasteiger charge is -2.16. The van der Waals surface area contributed by atoms with Crippen LogP contribution in [-0.2, 0) is 6.54 Å². The first kappa shape index (κ1) is 21.5. The number of hydrogen-bond acceptors (Lipinski definition) is 3. The van der Waals surface area contributed by atoms with Crippen LogP contribution < -0.4 is 5.73 Å². The predicted octanol–water partition coefficient (Wildman–Crippen LogP) is 2.81. The lowest BCUT2D eigenvalue weighted by atomic mass is 10.1. The van der Waals surface area contributed by atoms with Crippen molar-refractivity contribution in [3.63, 3.8) is 0 Å². The maximum atomic E-state index is 12.8. The maximum Gasteiger partial charge on any atom is 0.255 e. The molecule has 0 aromatic carbocycles. The van der Waals surface area contributed by atoms with Crippen molar-refractivity contribution in [2.24, 2.45) is 11.7 Å². The molecule has 1 fully saturated rings. The molecule has 0 radical (unpaired) electrons. The van der Waals surface area contributed by atoms with Crippen LogP contribution >= 0.6 is 24.8 Å². The quantitative estimate of drug-likeness (QED) is 0.880. The molecule has 0 aliphatic carbocycles. The van der Waals surface area contributed by atoms with Gasteiger partial charge in [0, 0.05) is 30.7 Å². The molecule has 2 aromatic rings. The van der Waals surface area contributed by atoms with Crippen molar-refractivity contribution in [2.75, 3.05) is 19.6 Å². The number of rotatable bonds is 4. The molecule has 1 amide bonds. The van der Waals surface area contributed by atoms with Gasteiger partial charge in [-0.25, -0.2) is 0 Å². The van der Waals surface area contributed by atoms with Crippen molar-refractivity contribution < 1.29 is 4.79 Å². The van der Waals surface area contributed by atoms with Crippen molar-refractivity contribution in [1.82, 2.24) is 14.5 Å². The van der Waals surface area contributed by atoms with E-state index in [-0.39, 0.29) is 30.7 Å². The predicted molar refractivity (Wildman–Crippen MR) is 105 cm³/mol. The Labute approximate surface area is 161 Å². The van der Waals surface area contributed by atoms with Crippen LogP contribution in [0.1, 0.15) is 33.9 Å². The van der Waals surface area contributed by atoms with E-state index in [0.717, 1.165) is 42.2 Å². The first-order valence-corrected chi connectivity index (χ1v) is 8.16. The molecule has 25 heavy (non-hydrogen) atoms. The van der Waals surface area contributed by atoms with Gasteiger partial charge in [0.25, 0.3) is 5.91 Å². The molecule has 5 nitrogen and oxygen atoms in total. The number of aryl methyl sites for hydroxylation is 1. The maximum absolute atomic E-state index is 12.8. The monoisotopic (exact) mass is 384 g/mol. The Balaban J connectivity index is 0.00000156. The molecule has 3 rings (SSSR count). The fraction of sp³-hybridized carbons (Fsp3) is 0.444. The highest BCUT2D eigenvalue weighted by molar-refractivity contribution is 5.96. The van der Waals surface area contributed by atoms with Gasteiger partial charge in [0.1, 0.15) is 0 Å². The van der Waals surface area contributed by atoms with Crippen molar-refractivity contribution in [2.45, 2.75) is 26.8 Å². The summed E-state index contributed by atoms with van der Waals surface area (Å²) in [7, 11) is 0. The Hall–Kier alpha value is -1.56. The second kappa shape index (κ2) is 9.22. The smallest absolute Gasteiger partial charge is 0.255 e. The van der Waals surface area contributed by atoms with Gasteiger partial charge in [0.2, 0.25) is 0 Å².